The van der Waals surface area contributed by atoms with Crippen molar-refractivity contribution in [3.8, 4) is 0 Å². The summed E-state index contributed by atoms with van der Waals surface area (Å²) in [6.07, 6.45) is 7.31. The van der Waals surface area contributed by atoms with Gasteiger partial charge in [-0.05, 0) is 57.1 Å². The van der Waals surface area contributed by atoms with E-state index in [1.807, 2.05) is 26.0 Å². The van der Waals surface area contributed by atoms with Crippen molar-refractivity contribution < 1.29 is 9.32 Å². The van der Waals surface area contributed by atoms with Crippen molar-refractivity contribution in [2.24, 2.45) is 5.92 Å². The second-order valence-corrected chi connectivity index (χ2v) is 8.19. The maximum atomic E-state index is 12.8. The number of hydrogen-bond donors (Lipinski definition) is 1. The number of aromatic nitrogens is 4. The van der Waals surface area contributed by atoms with Gasteiger partial charge in [-0.25, -0.2) is 4.98 Å². The van der Waals surface area contributed by atoms with Gasteiger partial charge in [0.1, 0.15) is 23.2 Å². The van der Waals surface area contributed by atoms with Crippen LogP contribution < -0.4 is 10.2 Å². The average molecular weight is 392 g/mol. The third kappa shape index (κ3) is 3.12. The summed E-state index contributed by atoms with van der Waals surface area (Å²) in [7, 11) is 0. The van der Waals surface area contributed by atoms with Crippen molar-refractivity contribution in [2.45, 2.75) is 45.1 Å². The van der Waals surface area contributed by atoms with E-state index in [4.69, 9.17) is 4.52 Å². The van der Waals surface area contributed by atoms with Crippen LogP contribution in [-0.4, -0.2) is 44.6 Å². The fourth-order valence-corrected chi connectivity index (χ4v) is 4.57. The molecular formula is C21H24N6O2. The molecule has 29 heavy (non-hydrogen) atoms. The minimum Gasteiger partial charge on any atom is -0.356 e. The Morgan fingerprint density at radius 2 is 2.00 bits per heavy atom. The first-order valence-electron chi connectivity index (χ1n) is 10.1. The summed E-state index contributed by atoms with van der Waals surface area (Å²) in [5.41, 5.74) is 2.71. The molecule has 8 nitrogen and oxygen atoms in total. The molecule has 0 atom stereocenters. The Morgan fingerprint density at radius 3 is 2.72 bits per heavy atom. The zero-order valence-corrected chi connectivity index (χ0v) is 16.7. The molecule has 1 aliphatic heterocycles. The minimum absolute atomic E-state index is 0.0550. The number of fused-ring (bicyclic) bond motifs is 1. The number of nitrogens with zero attached hydrogens (tertiary/aromatic N) is 5. The summed E-state index contributed by atoms with van der Waals surface area (Å²) < 4.78 is 5.28. The third-order valence-electron chi connectivity index (χ3n) is 6.37. The Kier molecular flexibility index (Phi) is 4.22. The number of amides is 1. The van der Waals surface area contributed by atoms with E-state index in [1.165, 1.54) is 6.33 Å². The molecule has 0 spiro atoms. The maximum absolute atomic E-state index is 12.8. The van der Waals surface area contributed by atoms with Gasteiger partial charge in [-0.15, -0.1) is 0 Å². The van der Waals surface area contributed by atoms with Crippen LogP contribution in [-0.2, 0) is 0 Å². The number of pyridine rings is 1. The normalized spacial score (nSPS) is 18.8. The monoisotopic (exact) mass is 392 g/mol. The van der Waals surface area contributed by atoms with Crippen molar-refractivity contribution in [1.82, 2.24) is 25.4 Å². The highest BCUT2D eigenvalue weighted by Gasteiger charge is 2.51. The fourth-order valence-electron chi connectivity index (χ4n) is 4.57. The first-order chi connectivity index (χ1) is 14.1. The molecule has 2 fully saturated rings. The summed E-state index contributed by atoms with van der Waals surface area (Å²) in [5, 5.41) is 8.23. The smallest absolute Gasteiger partial charge is 0.270 e. The van der Waals surface area contributed by atoms with Gasteiger partial charge in [0.15, 0.2) is 0 Å². The quantitative estimate of drug-likeness (QED) is 0.729. The van der Waals surface area contributed by atoms with Crippen LogP contribution in [0.1, 0.15) is 47.4 Å². The van der Waals surface area contributed by atoms with Crippen LogP contribution in [0.2, 0.25) is 0 Å². The van der Waals surface area contributed by atoms with Crippen LogP contribution in [0.5, 0.6) is 0 Å². The molecule has 1 N–H and O–H groups in total. The van der Waals surface area contributed by atoms with E-state index in [2.05, 4.69) is 30.3 Å². The van der Waals surface area contributed by atoms with Crippen molar-refractivity contribution >= 4 is 22.8 Å². The van der Waals surface area contributed by atoms with Gasteiger partial charge in [0.2, 0.25) is 0 Å². The topological polar surface area (TPSA) is 97.0 Å². The van der Waals surface area contributed by atoms with E-state index in [1.54, 1.807) is 6.20 Å². The molecule has 8 heteroatoms. The molecule has 0 radical (unpaired) electrons. The summed E-state index contributed by atoms with van der Waals surface area (Å²) in [4.78, 5) is 28.0. The molecule has 0 unspecified atom stereocenters. The van der Waals surface area contributed by atoms with Gasteiger partial charge < -0.3 is 14.7 Å². The molecule has 3 aromatic rings. The second-order valence-electron chi connectivity index (χ2n) is 8.19. The van der Waals surface area contributed by atoms with E-state index in [0.717, 1.165) is 61.2 Å². The summed E-state index contributed by atoms with van der Waals surface area (Å²) in [5.74, 6) is 1.30. The highest BCUT2D eigenvalue weighted by Crippen LogP contribution is 2.47. The number of rotatable bonds is 4. The molecule has 150 valence electrons. The Labute approximate surface area is 168 Å². The number of piperidine rings is 1. The van der Waals surface area contributed by atoms with E-state index in [-0.39, 0.29) is 11.4 Å². The van der Waals surface area contributed by atoms with Gasteiger partial charge in [0, 0.05) is 24.8 Å². The number of anilines is 1. The number of nitrogens with one attached hydrogen (secondary N) is 1. The lowest BCUT2D eigenvalue weighted by molar-refractivity contribution is 0.0900. The van der Waals surface area contributed by atoms with Crippen molar-refractivity contribution in [2.75, 3.05) is 18.0 Å². The van der Waals surface area contributed by atoms with Gasteiger partial charge in [0.25, 0.3) is 11.6 Å². The molecule has 1 saturated carbocycles. The summed E-state index contributed by atoms with van der Waals surface area (Å²) in [6, 6.07) is 3.78. The van der Waals surface area contributed by atoms with Crippen LogP contribution in [0.15, 0.2) is 29.2 Å². The number of carbonyl (C=O) groups is 1. The van der Waals surface area contributed by atoms with Crippen molar-refractivity contribution in [3.63, 3.8) is 0 Å². The standard InChI is InChI=1S/C21H24N6O2/c1-13-4-3-9-22-17(13)19(28)25-21(7-8-21)15-5-10-27(11-6-15)18-16-14(2)26-29-20(16)24-12-23-18/h3-4,9,12,15H,5-8,10-11H2,1-2H3,(H,25,28). The zero-order chi connectivity index (χ0) is 20.0. The van der Waals surface area contributed by atoms with Gasteiger partial charge in [-0.1, -0.05) is 11.2 Å². The lowest BCUT2D eigenvalue weighted by Crippen LogP contribution is -2.47. The molecule has 1 aliphatic carbocycles. The van der Waals surface area contributed by atoms with Gasteiger partial charge in [-0.2, -0.15) is 4.98 Å². The van der Waals surface area contributed by atoms with Gasteiger partial charge in [-0.3, -0.25) is 9.78 Å². The van der Waals surface area contributed by atoms with Crippen LogP contribution in [0.25, 0.3) is 11.1 Å². The Hall–Kier alpha value is -3.03. The number of hydrogen-bond acceptors (Lipinski definition) is 7. The largest absolute Gasteiger partial charge is 0.356 e. The highest BCUT2D eigenvalue weighted by atomic mass is 16.5. The third-order valence-corrected chi connectivity index (χ3v) is 6.37. The summed E-state index contributed by atoms with van der Waals surface area (Å²) in [6.45, 7) is 5.62. The number of aryl methyl sites for hydroxylation is 2. The van der Waals surface area contributed by atoms with Gasteiger partial charge >= 0.3 is 0 Å². The maximum Gasteiger partial charge on any atom is 0.270 e. The Morgan fingerprint density at radius 1 is 1.21 bits per heavy atom. The number of carbonyl (C=O) groups excluding carboxylic acids is 1. The van der Waals surface area contributed by atoms with E-state index in [0.29, 0.717) is 17.3 Å². The van der Waals surface area contributed by atoms with Crippen LogP contribution in [0, 0.1) is 19.8 Å². The van der Waals surface area contributed by atoms with Crippen molar-refractivity contribution in [1.29, 1.82) is 0 Å². The zero-order valence-electron chi connectivity index (χ0n) is 16.7. The molecule has 3 aromatic heterocycles. The van der Waals surface area contributed by atoms with E-state index < -0.39 is 0 Å². The predicted octanol–water partition coefficient (Wildman–Crippen LogP) is 2.81. The average Bonchev–Trinajstić information content (AvgIpc) is 3.43. The molecular weight excluding hydrogens is 368 g/mol. The molecule has 5 rings (SSSR count). The first kappa shape index (κ1) is 18.0. The van der Waals surface area contributed by atoms with Crippen LogP contribution in [0.3, 0.4) is 0 Å². The summed E-state index contributed by atoms with van der Waals surface area (Å²) >= 11 is 0. The predicted molar refractivity (Wildman–Crippen MR) is 108 cm³/mol. The van der Waals surface area contributed by atoms with Crippen LogP contribution in [0.4, 0.5) is 5.82 Å². The minimum atomic E-state index is -0.0821. The molecule has 0 aromatic carbocycles. The highest BCUT2D eigenvalue weighted by molar-refractivity contribution is 5.94. The molecule has 0 bridgehead atoms. The first-order valence-corrected chi connectivity index (χ1v) is 10.1. The van der Waals surface area contributed by atoms with Crippen molar-refractivity contribution in [3.05, 3.63) is 41.6 Å². The van der Waals surface area contributed by atoms with E-state index >= 15 is 0 Å². The SMILES string of the molecule is Cc1cccnc1C(=O)NC1(C2CCN(c3ncnc4onc(C)c34)CC2)CC1. The molecule has 2 aliphatic rings. The lowest BCUT2D eigenvalue weighted by Gasteiger charge is -2.37. The van der Waals surface area contributed by atoms with Crippen LogP contribution >= 0.6 is 0 Å². The Balaban J connectivity index is 1.29. The molecule has 1 amide bonds. The van der Waals surface area contributed by atoms with Gasteiger partial charge in [0.05, 0.1) is 5.69 Å². The molecule has 1 saturated heterocycles. The fraction of sp³-hybridized carbons (Fsp3) is 0.476. The lowest BCUT2D eigenvalue weighted by atomic mass is 9.87. The second kappa shape index (κ2) is 6.79. The van der Waals surface area contributed by atoms with E-state index in [9.17, 15) is 4.79 Å². The molecule has 4 heterocycles. The Bertz CT molecular complexity index is 1070.